The predicted molar refractivity (Wildman–Crippen MR) is 131 cm³/mol. The van der Waals surface area contributed by atoms with Crippen LogP contribution in [0.15, 0.2) is 66.7 Å². The van der Waals surface area contributed by atoms with Gasteiger partial charge in [0.1, 0.15) is 23.9 Å². The number of aryl methyl sites for hydroxylation is 3. The zero-order valence-electron chi connectivity index (χ0n) is 19.3. The van der Waals surface area contributed by atoms with Crippen molar-refractivity contribution in [3.63, 3.8) is 0 Å². The number of nitrogens with zero attached hydrogens (tertiary/aromatic N) is 2. The van der Waals surface area contributed by atoms with Gasteiger partial charge < -0.3 is 14.0 Å². The second-order valence-corrected chi connectivity index (χ2v) is 8.21. The lowest BCUT2D eigenvalue weighted by Crippen LogP contribution is -2.09. The predicted octanol–water partition coefficient (Wildman–Crippen LogP) is 6.65. The van der Waals surface area contributed by atoms with Gasteiger partial charge in [0.2, 0.25) is 0 Å². The molecule has 0 radical (unpaired) electrons. The summed E-state index contributed by atoms with van der Waals surface area (Å²) in [6, 6.07) is 22.8. The van der Waals surface area contributed by atoms with Crippen LogP contribution in [0.1, 0.15) is 42.3 Å². The number of para-hydroxylation sites is 2. The lowest BCUT2D eigenvalue weighted by Gasteiger charge is -2.12. The van der Waals surface area contributed by atoms with Gasteiger partial charge in [0.15, 0.2) is 0 Å². The molecule has 1 aromatic heterocycles. The fourth-order valence-corrected chi connectivity index (χ4v) is 3.89. The molecule has 0 fully saturated rings. The SMILES string of the molecule is CCc1ccc(OCc2nc3ccccc3n2CCCCOc2cccc(C)c2C)cc1. The molecule has 0 aliphatic rings. The van der Waals surface area contributed by atoms with Gasteiger partial charge in [-0.3, -0.25) is 0 Å². The van der Waals surface area contributed by atoms with Gasteiger partial charge >= 0.3 is 0 Å². The molecule has 3 aromatic carbocycles. The van der Waals surface area contributed by atoms with Crippen molar-refractivity contribution in [1.82, 2.24) is 9.55 Å². The summed E-state index contributed by atoms with van der Waals surface area (Å²) < 4.78 is 14.4. The summed E-state index contributed by atoms with van der Waals surface area (Å²) in [6.45, 7) is 8.46. The number of rotatable bonds is 10. The van der Waals surface area contributed by atoms with E-state index in [1.165, 1.54) is 16.7 Å². The number of benzene rings is 3. The molecule has 0 N–H and O–H groups in total. The average Bonchev–Trinajstić information content (AvgIpc) is 3.18. The van der Waals surface area contributed by atoms with Gasteiger partial charge in [0.25, 0.3) is 0 Å². The van der Waals surface area contributed by atoms with E-state index in [4.69, 9.17) is 14.5 Å². The van der Waals surface area contributed by atoms with E-state index < -0.39 is 0 Å². The van der Waals surface area contributed by atoms with Gasteiger partial charge in [-0.05, 0) is 80.1 Å². The van der Waals surface area contributed by atoms with Crippen molar-refractivity contribution in [2.45, 2.75) is 53.2 Å². The number of hydrogen-bond donors (Lipinski definition) is 0. The zero-order valence-corrected chi connectivity index (χ0v) is 19.3. The van der Waals surface area contributed by atoms with Crippen molar-refractivity contribution >= 4 is 11.0 Å². The maximum atomic E-state index is 6.06. The van der Waals surface area contributed by atoms with Crippen LogP contribution in [0.2, 0.25) is 0 Å². The lowest BCUT2D eigenvalue weighted by molar-refractivity contribution is 0.284. The smallest absolute Gasteiger partial charge is 0.147 e. The van der Waals surface area contributed by atoms with Crippen LogP contribution in [0.5, 0.6) is 11.5 Å². The van der Waals surface area contributed by atoms with Crippen LogP contribution in [0.25, 0.3) is 11.0 Å². The minimum absolute atomic E-state index is 0.457. The second kappa shape index (κ2) is 10.4. The number of fused-ring (bicyclic) bond motifs is 1. The fourth-order valence-electron chi connectivity index (χ4n) is 3.89. The summed E-state index contributed by atoms with van der Waals surface area (Å²) in [4.78, 5) is 4.84. The van der Waals surface area contributed by atoms with Gasteiger partial charge in [-0.1, -0.05) is 43.3 Å². The first-order valence-corrected chi connectivity index (χ1v) is 11.5. The molecule has 4 rings (SSSR count). The second-order valence-electron chi connectivity index (χ2n) is 8.21. The molecular weight excluding hydrogens is 396 g/mol. The number of hydrogen-bond acceptors (Lipinski definition) is 3. The summed E-state index contributed by atoms with van der Waals surface area (Å²) in [5.41, 5.74) is 5.97. The van der Waals surface area contributed by atoms with E-state index in [9.17, 15) is 0 Å². The first kappa shape index (κ1) is 21.9. The molecule has 4 heteroatoms. The number of aromatic nitrogens is 2. The standard InChI is InChI=1S/C28H32N2O2/c1-4-23-14-16-24(17-15-23)32-20-28-29-25-11-5-6-12-26(25)30(28)18-7-8-19-31-27-13-9-10-21(2)22(27)3/h5-6,9-17H,4,7-8,18-20H2,1-3H3. The van der Waals surface area contributed by atoms with Gasteiger partial charge in [0, 0.05) is 6.54 Å². The molecule has 0 aliphatic carbocycles. The molecule has 0 spiro atoms. The van der Waals surface area contributed by atoms with Crippen LogP contribution in [0.3, 0.4) is 0 Å². The Hall–Kier alpha value is -3.27. The molecule has 4 aromatic rings. The summed E-state index contributed by atoms with van der Waals surface area (Å²) in [5.74, 6) is 2.82. The van der Waals surface area contributed by atoms with Crippen LogP contribution >= 0.6 is 0 Å². The van der Waals surface area contributed by atoms with Crippen LogP contribution in [0.4, 0.5) is 0 Å². The Bertz CT molecular complexity index is 1160. The Morgan fingerprint density at radius 1 is 0.844 bits per heavy atom. The highest BCUT2D eigenvalue weighted by atomic mass is 16.5. The molecule has 0 saturated heterocycles. The zero-order chi connectivity index (χ0) is 22.3. The van der Waals surface area contributed by atoms with Crippen LogP contribution in [-0.2, 0) is 19.6 Å². The van der Waals surface area contributed by atoms with E-state index in [-0.39, 0.29) is 0 Å². The Kier molecular flexibility index (Phi) is 7.10. The van der Waals surface area contributed by atoms with Crippen molar-refractivity contribution < 1.29 is 9.47 Å². The first-order valence-electron chi connectivity index (χ1n) is 11.5. The third-order valence-corrected chi connectivity index (χ3v) is 6.02. The van der Waals surface area contributed by atoms with Crippen molar-refractivity contribution in [3.05, 3.63) is 89.2 Å². The molecule has 0 atom stereocenters. The van der Waals surface area contributed by atoms with Gasteiger partial charge in [-0.2, -0.15) is 0 Å². The summed E-state index contributed by atoms with van der Waals surface area (Å²) in [5, 5.41) is 0. The third kappa shape index (κ3) is 5.13. The van der Waals surface area contributed by atoms with Crippen molar-refractivity contribution in [1.29, 1.82) is 0 Å². The monoisotopic (exact) mass is 428 g/mol. The summed E-state index contributed by atoms with van der Waals surface area (Å²) in [7, 11) is 0. The Morgan fingerprint density at radius 3 is 2.47 bits per heavy atom. The molecule has 32 heavy (non-hydrogen) atoms. The average molecular weight is 429 g/mol. The Morgan fingerprint density at radius 2 is 1.66 bits per heavy atom. The molecule has 4 nitrogen and oxygen atoms in total. The highest BCUT2D eigenvalue weighted by Gasteiger charge is 2.11. The van der Waals surface area contributed by atoms with E-state index in [0.717, 1.165) is 54.2 Å². The van der Waals surface area contributed by atoms with E-state index in [2.05, 4.69) is 67.8 Å². The van der Waals surface area contributed by atoms with E-state index in [1.54, 1.807) is 0 Å². The molecule has 0 bridgehead atoms. The molecule has 1 heterocycles. The highest BCUT2D eigenvalue weighted by molar-refractivity contribution is 5.75. The van der Waals surface area contributed by atoms with Gasteiger partial charge in [0.05, 0.1) is 17.6 Å². The number of ether oxygens (including phenoxy) is 2. The number of unbranched alkanes of at least 4 members (excludes halogenated alkanes) is 1. The Balaban J connectivity index is 1.38. The van der Waals surface area contributed by atoms with Crippen LogP contribution in [-0.4, -0.2) is 16.2 Å². The maximum Gasteiger partial charge on any atom is 0.147 e. The molecule has 0 amide bonds. The quantitative estimate of drug-likeness (QED) is 0.265. The van der Waals surface area contributed by atoms with E-state index in [0.29, 0.717) is 13.2 Å². The molecule has 0 aliphatic heterocycles. The topological polar surface area (TPSA) is 36.3 Å². The van der Waals surface area contributed by atoms with E-state index >= 15 is 0 Å². The molecule has 166 valence electrons. The van der Waals surface area contributed by atoms with Crippen molar-refractivity contribution in [2.75, 3.05) is 6.61 Å². The minimum Gasteiger partial charge on any atom is -0.493 e. The lowest BCUT2D eigenvalue weighted by atomic mass is 10.1. The molecule has 0 unspecified atom stereocenters. The van der Waals surface area contributed by atoms with Crippen LogP contribution < -0.4 is 9.47 Å². The largest absolute Gasteiger partial charge is 0.493 e. The normalized spacial score (nSPS) is 11.1. The molecule has 0 saturated carbocycles. The highest BCUT2D eigenvalue weighted by Crippen LogP contribution is 2.22. The minimum atomic E-state index is 0.457. The van der Waals surface area contributed by atoms with Crippen molar-refractivity contribution in [3.8, 4) is 11.5 Å². The maximum absolute atomic E-state index is 6.06. The summed E-state index contributed by atoms with van der Waals surface area (Å²) >= 11 is 0. The van der Waals surface area contributed by atoms with Gasteiger partial charge in [-0.25, -0.2) is 4.98 Å². The first-order chi connectivity index (χ1) is 15.7. The molecular formula is C28H32N2O2. The number of imidazole rings is 1. The summed E-state index contributed by atoms with van der Waals surface area (Å²) in [6.07, 6.45) is 3.03. The van der Waals surface area contributed by atoms with Gasteiger partial charge in [-0.15, -0.1) is 0 Å². The van der Waals surface area contributed by atoms with Crippen molar-refractivity contribution in [2.24, 2.45) is 0 Å². The van der Waals surface area contributed by atoms with Crippen LogP contribution in [0, 0.1) is 13.8 Å². The Labute approximate surface area is 190 Å². The third-order valence-electron chi connectivity index (χ3n) is 6.02. The fraction of sp³-hybridized carbons (Fsp3) is 0.321. The van der Waals surface area contributed by atoms with E-state index in [1.807, 2.05) is 24.3 Å².